The summed E-state index contributed by atoms with van der Waals surface area (Å²) in [5.74, 6) is 2.46. The van der Waals surface area contributed by atoms with Crippen LogP contribution in [0.4, 0.5) is 0 Å². The molecule has 1 fully saturated rings. The predicted molar refractivity (Wildman–Crippen MR) is 61.4 cm³/mol. The van der Waals surface area contributed by atoms with E-state index in [1.807, 2.05) is 0 Å². The summed E-state index contributed by atoms with van der Waals surface area (Å²) in [6.45, 7) is 15.5. The van der Waals surface area contributed by atoms with Gasteiger partial charge in [-0.2, -0.15) is 0 Å². The van der Waals surface area contributed by atoms with Gasteiger partial charge in [0.15, 0.2) is 0 Å². The van der Waals surface area contributed by atoms with E-state index in [1.54, 1.807) is 0 Å². The van der Waals surface area contributed by atoms with Crippen LogP contribution in [-0.4, -0.2) is 11.2 Å². The topological polar surface area (TPSA) is 9.23 Å². The lowest BCUT2D eigenvalue weighted by Gasteiger charge is -2.34. The molecule has 0 unspecified atom stereocenters. The summed E-state index contributed by atoms with van der Waals surface area (Å²) in [6, 6.07) is 0. The van der Waals surface area contributed by atoms with Gasteiger partial charge in [-0.3, -0.25) is 0 Å². The van der Waals surface area contributed by atoms with E-state index in [9.17, 15) is 0 Å². The molecule has 0 heterocycles. The van der Waals surface area contributed by atoms with Crippen LogP contribution in [0.15, 0.2) is 0 Å². The van der Waals surface area contributed by atoms with E-state index in [2.05, 4.69) is 48.5 Å². The van der Waals surface area contributed by atoms with E-state index >= 15 is 0 Å². The number of hydrogen-bond acceptors (Lipinski definition) is 1. The Morgan fingerprint density at radius 1 is 1.07 bits per heavy atom. The lowest BCUT2D eigenvalue weighted by molar-refractivity contribution is -0.126. The van der Waals surface area contributed by atoms with E-state index in [1.165, 1.54) is 6.42 Å². The first-order valence-electron chi connectivity index (χ1n) is 5.83. The first kappa shape index (κ1) is 12.0. The first-order valence-corrected chi connectivity index (χ1v) is 5.83. The zero-order chi connectivity index (χ0) is 11.1. The summed E-state index contributed by atoms with van der Waals surface area (Å²) >= 11 is 0. The third kappa shape index (κ3) is 2.98. The largest absolute Gasteiger partial charge is 0.370 e. The lowest BCUT2D eigenvalue weighted by Crippen LogP contribution is -2.37. The molecule has 0 saturated heterocycles. The smallest absolute Gasteiger partial charge is 0.0664 e. The number of rotatable bonds is 3. The normalized spacial score (nSPS) is 28.3. The highest BCUT2D eigenvalue weighted by Crippen LogP contribution is 2.52. The van der Waals surface area contributed by atoms with Crippen molar-refractivity contribution in [3.05, 3.63) is 0 Å². The van der Waals surface area contributed by atoms with Crippen molar-refractivity contribution in [1.29, 1.82) is 0 Å². The third-order valence-electron chi connectivity index (χ3n) is 3.16. The molecular weight excluding hydrogens is 172 g/mol. The molecule has 0 spiro atoms. The zero-order valence-corrected chi connectivity index (χ0v) is 10.8. The first-order chi connectivity index (χ1) is 6.13. The zero-order valence-electron chi connectivity index (χ0n) is 10.8. The fourth-order valence-corrected chi connectivity index (χ4v) is 2.62. The summed E-state index contributed by atoms with van der Waals surface area (Å²) in [7, 11) is 0. The van der Waals surface area contributed by atoms with Crippen LogP contribution in [0.3, 0.4) is 0 Å². The molecule has 0 aliphatic heterocycles. The molecule has 1 nitrogen and oxygen atoms in total. The Balaban J connectivity index is 2.52. The minimum atomic E-state index is -0.0202. The molecule has 0 bridgehead atoms. The van der Waals surface area contributed by atoms with Gasteiger partial charge in [-0.05, 0) is 58.8 Å². The molecule has 0 aromatic heterocycles. The number of ether oxygens (including phenoxy) is 1. The van der Waals surface area contributed by atoms with E-state index in [0.29, 0.717) is 0 Å². The summed E-state index contributed by atoms with van der Waals surface area (Å²) < 4.78 is 6.13. The van der Waals surface area contributed by atoms with Crippen LogP contribution in [0.2, 0.25) is 0 Å². The quantitative estimate of drug-likeness (QED) is 0.669. The van der Waals surface area contributed by atoms with Crippen molar-refractivity contribution in [2.24, 2.45) is 17.8 Å². The van der Waals surface area contributed by atoms with Gasteiger partial charge in [-0.1, -0.05) is 13.8 Å². The Morgan fingerprint density at radius 2 is 1.57 bits per heavy atom. The van der Waals surface area contributed by atoms with Gasteiger partial charge < -0.3 is 4.74 Å². The molecule has 0 amide bonds. The Labute approximate surface area is 89.2 Å². The monoisotopic (exact) mass is 198 g/mol. The van der Waals surface area contributed by atoms with Gasteiger partial charge in [0.05, 0.1) is 11.2 Å². The second-order valence-corrected chi connectivity index (χ2v) is 6.57. The van der Waals surface area contributed by atoms with Gasteiger partial charge in [0.25, 0.3) is 0 Å². The molecule has 84 valence electrons. The maximum absolute atomic E-state index is 6.13. The average Bonchev–Trinajstić information content (AvgIpc) is 2.55. The summed E-state index contributed by atoms with van der Waals surface area (Å²) in [4.78, 5) is 0. The van der Waals surface area contributed by atoms with Crippen LogP contribution in [0.5, 0.6) is 0 Å². The van der Waals surface area contributed by atoms with E-state index in [0.717, 1.165) is 17.8 Å². The molecule has 0 radical (unpaired) electrons. The van der Waals surface area contributed by atoms with Crippen molar-refractivity contribution >= 4 is 0 Å². The molecular formula is C13H26O. The maximum atomic E-state index is 6.13. The van der Waals surface area contributed by atoms with Crippen molar-refractivity contribution < 1.29 is 4.74 Å². The number of hydrogen-bond donors (Lipinski definition) is 0. The van der Waals surface area contributed by atoms with Crippen LogP contribution < -0.4 is 0 Å². The lowest BCUT2D eigenvalue weighted by atomic mass is 9.95. The van der Waals surface area contributed by atoms with Crippen molar-refractivity contribution in [1.82, 2.24) is 0 Å². The Kier molecular flexibility index (Phi) is 3.02. The van der Waals surface area contributed by atoms with Gasteiger partial charge in [-0.15, -0.1) is 0 Å². The van der Waals surface area contributed by atoms with Crippen LogP contribution in [-0.2, 0) is 4.74 Å². The fourth-order valence-electron chi connectivity index (χ4n) is 2.62. The highest BCUT2D eigenvalue weighted by atomic mass is 16.5. The highest BCUT2D eigenvalue weighted by Gasteiger charge is 2.50. The van der Waals surface area contributed by atoms with Crippen LogP contribution in [0.25, 0.3) is 0 Å². The average molecular weight is 198 g/mol. The summed E-state index contributed by atoms with van der Waals surface area (Å²) in [6.07, 6.45) is 1.35. The molecule has 2 atom stereocenters. The minimum absolute atomic E-state index is 0.0202. The van der Waals surface area contributed by atoms with Crippen molar-refractivity contribution in [2.75, 3.05) is 0 Å². The second kappa shape index (κ2) is 3.52. The standard InChI is InChI=1S/C13H26O/c1-9(2)10-8-11(10)13(6,7)14-12(3,4)5/h9-11H,8H2,1-7H3/t10-,11+/m0/s1. The van der Waals surface area contributed by atoms with Crippen molar-refractivity contribution in [3.63, 3.8) is 0 Å². The van der Waals surface area contributed by atoms with Gasteiger partial charge >= 0.3 is 0 Å². The highest BCUT2D eigenvalue weighted by molar-refractivity contribution is 4.99. The van der Waals surface area contributed by atoms with Gasteiger partial charge in [-0.25, -0.2) is 0 Å². The van der Waals surface area contributed by atoms with Gasteiger partial charge in [0, 0.05) is 0 Å². The van der Waals surface area contributed by atoms with Crippen LogP contribution >= 0.6 is 0 Å². The van der Waals surface area contributed by atoms with E-state index in [-0.39, 0.29) is 11.2 Å². The molecule has 0 N–H and O–H groups in total. The Morgan fingerprint density at radius 3 is 1.86 bits per heavy atom. The maximum Gasteiger partial charge on any atom is 0.0664 e. The molecule has 1 rings (SSSR count). The molecule has 1 heteroatoms. The van der Waals surface area contributed by atoms with Crippen molar-refractivity contribution in [2.45, 2.75) is 66.1 Å². The molecule has 1 saturated carbocycles. The Bertz CT molecular complexity index is 198. The summed E-state index contributed by atoms with van der Waals surface area (Å²) in [5.41, 5.74) is 0.0286. The van der Waals surface area contributed by atoms with Crippen LogP contribution in [0, 0.1) is 17.8 Å². The molecule has 1 aliphatic carbocycles. The predicted octanol–water partition coefficient (Wildman–Crippen LogP) is 3.87. The van der Waals surface area contributed by atoms with Gasteiger partial charge in [0.2, 0.25) is 0 Å². The third-order valence-corrected chi connectivity index (χ3v) is 3.16. The second-order valence-electron chi connectivity index (χ2n) is 6.57. The molecule has 0 aromatic rings. The SMILES string of the molecule is CC(C)[C@@H]1C[C@H]1C(C)(C)OC(C)(C)C. The van der Waals surface area contributed by atoms with E-state index < -0.39 is 0 Å². The summed E-state index contributed by atoms with van der Waals surface area (Å²) in [5, 5.41) is 0. The van der Waals surface area contributed by atoms with Crippen molar-refractivity contribution in [3.8, 4) is 0 Å². The minimum Gasteiger partial charge on any atom is -0.370 e. The van der Waals surface area contributed by atoms with Crippen LogP contribution in [0.1, 0.15) is 54.9 Å². The molecule has 14 heavy (non-hydrogen) atoms. The van der Waals surface area contributed by atoms with E-state index in [4.69, 9.17) is 4.74 Å². The Hall–Kier alpha value is -0.0400. The fraction of sp³-hybridized carbons (Fsp3) is 1.00. The molecule has 0 aromatic carbocycles. The van der Waals surface area contributed by atoms with Gasteiger partial charge in [0.1, 0.15) is 0 Å². The molecule has 1 aliphatic rings.